The third-order valence-electron chi connectivity index (χ3n) is 2.72. The standard InChI is InChI=1S/C8H10O2/c9-7-3-1-5-6(7)2-4-8(5)10/h5-6H,1-4H2/t5-,6-/m1/s1. The molecule has 2 saturated carbocycles. The first-order valence-electron chi connectivity index (χ1n) is 3.84. The molecule has 0 aliphatic heterocycles. The van der Waals surface area contributed by atoms with Gasteiger partial charge < -0.3 is 0 Å². The summed E-state index contributed by atoms with van der Waals surface area (Å²) < 4.78 is 0. The Morgan fingerprint density at radius 1 is 0.900 bits per heavy atom. The monoisotopic (exact) mass is 138 g/mol. The predicted octanol–water partition coefficient (Wildman–Crippen LogP) is 0.945. The third-order valence-corrected chi connectivity index (χ3v) is 2.72. The molecule has 0 aromatic carbocycles. The minimum Gasteiger partial charge on any atom is -0.299 e. The molecule has 0 aromatic heterocycles. The van der Waals surface area contributed by atoms with Gasteiger partial charge in [-0.05, 0) is 12.8 Å². The molecule has 54 valence electrons. The number of hydrogen-bond acceptors (Lipinski definition) is 2. The summed E-state index contributed by atoms with van der Waals surface area (Å²) in [4.78, 5) is 22.1. The lowest BCUT2D eigenvalue weighted by molar-refractivity contribution is -0.124. The van der Waals surface area contributed by atoms with Gasteiger partial charge in [-0.3, -0.25) is 9.59 Å². The lowest BCUT2D eigenvalue weighted by Gasteiger charge is -2.01. The van der Waals surface area contributed by atoms with Crippen molar-refractivity contribution in [2.45, 2.75) is 25.7 Å². The van der Waals surface area contributed by atoms with Crippen LogP contribution in [0.3, 0.4) is 0 Å². The third kappa shape index (κ3) is 0.648. The van der Waals surface area contributed by atoms with E-state index in [-0.39, 0.29) is 11.8 Å². The summed E-state index contributed by atoms with van der Waals surface area (Å²) in [6, 6.07) is 0. The first kappa shape index (κ1) is 6.08. The molecule has 2 heteroatoms. The van der Waals surface area contributed by atoms with Gasteiger partial charge in [0.2, 0.25) is 0 Å². The van der Waals surface area contributed by atoms with Gasteiger partial charge in [-0.25, -0.2) is 0 Å². The molecule has 2 fully saturated rings. The van der Waals surface area contributed by atoms with Gasteiger partial charge in [0, 0.05) is 24.7 Å². The minimum absolute atomic E-state index is 0.132. The van der Waals surface area contributed by atoms with Crippen LogP contribution in [-0.2, 0) is 9.59 Å². The maximum absolute atomic E-state index is 11.0. The molecule has 2 aliphatic rings. The van der Waals surface area contributed by atoms with Crippen LogP contribution in [0.1, 0.15) is 25.7 Å². The fourth-order valence-corrected chi connectivity index (χ4v) is 2.14. The summed E-state index contributed by atoms with van der Waals surface area (Å²) in [7, 11) is 0. The Labute approximate surface area is 59.6 Å². The highest BCUT2D eigenvalue weighted by atomic mass is 16.1. The van der Waals surface area contributed by atoms with Crippen LogP contribution < -0.4 is 0 Å². The first-order chi connectivity index (χ1) is 4.79. The molecular formula is C8H10O2. The predicted molar refractivity (Wildman–Crippen MR) is 35.5 cm³/mol. The maximum Gasteiger partial charge on any atom is 0.136 e. The zero-order valence-corrected chi connectivity index (χ0v) is 5.80. The Morgan fingerprint density at radius 2 is 1.30 bits per heavy atom. The van der Waals surface area contributed by atoms with E-state index in [2.05, 4.69) is 0 Å². The molecule has 0 heterocycles. The number of ketones is 2. The average molecular weight is 138 g/mol. The van der Waals surface area contributed by atoms with E-state index in [1.807, 2.05) is 0 Å². The van der Waals surface area contributed by atoms with E-state index in [1.165, 1.54) is 0 Å². The topological polar surface area (TPSA) is 34.1 Å². The number of rotatable bonds is 0. The van der Waals surface area contributed by atoms with Crippen LogP contribution in [-0.4, -0.2) is 11.6 Å². The SMILES string of the molecule is O=C1CC[C@H]2C(=O)CC[C@@H]12. The van der Waals surface area contributed by atoms with E-state index in [0.29, 0.717) is 24.4 Å². The van der Waals surface area contributed by atoms with Crippen molar-refractivity contribution in [1.82, 2.24) is 0 Å². The van der Waals surface area contributed by atoms with Gasteiger partial charge >= 0.3 is 0 Å². The van der Waals surface area contributed by atoms with Gasteiger partial charge in [-0.2, -0.15) is 0 Å². The van der Waals surface area contributed by atoms with Crippen molar-refractivity contribution >= 4 is 11.6 Å². The van der Waals surface area contributed by atoms with Crippen LogP contribution in [0.15, 0.2) is 0 Å². The van der Waals surface area contributed by atoms with E-state index in [9.17, 15) is 9.59 Å². The van der Waals surface area contributed by atoms with Gasteiger partial charge in [0.05, 0.1) is 0 Å². The molecule has 0 amide bonds. The quantitative estimate of drug-likeness (QED) is 0.499. The number of hydrogen-bond donors (Lipinski definition) is 0. The van der Waals surface area contributed by atoms with E-state index in [0.717, 1.165) is 12.8 Å². The number of Topliss-reactive ketones (excluding diaryl/α,β-unsaturated/α-hetero) is 2. The smallest absolute Gasteiger partial charge is 0.136 e. The van der Waals surface area contributed by atoms with Gasteiger partial charge in [0.25, 0.3) is 0 Å². The van der Waals surface area contributed by atoms with E-state index in [4.69, 9.17) is 0 Å². The molecule has 10 heavy (non-hydrogen) atoms. The Morgan fingerprint density at radius 3 is 1.70 bits per heavy atom. The van der Waals surface area contributed by atoms with Crippen molar-refractivity contribution in [2.75, 3.05) is 0 Å². The zero-order chi connectivity index (χ0) is 7.14. The molecule has 0 N–H and O–H groups in total. The van der Waals surface area contributed by atoms with E-state index >= 15 is 0 Å². The molecule has 0 aromatic rings. The lowest BCUT2D eigenvalue weighted by atomic mass is 10.00. The highest BCUT2D eigenvalue weighted by Crippen LogP contribution is 2.39. The van der Waals surface area contributed by atoms with Gasteiger partial charge in [0.15, 0.2) is 0 Å². The van der Waals surface area contributed by atoms with Gasteiger partial charge in [0.1, 0.15) is 11.6 Å². The second-order valence-corrected chi connectivity index (χ2v) is 3.22. The van der Waals surface area contributed by atoms with E-state index < -0.39 is 0 Å². The van der Waals surface area contributed by atoms with Gasteiger partial charge in [-0.15, -0.1) is 0 Å². The van der Waals surface area contributed by atoms with Crippen LogP contribution in [0, 0.1) is 11.8 Å². The first-order valence-corrected chi connectivity index (χ1v) is 3.84. The summed E-state index contributed by atoms with van der Waals surface area (Å²) in [6.45, 7) is 0. The fraction of sp³-hybridized carbons (Fsp3) is 0.750. The van der Waals surface area contributed by atoms with Crippen molar-refractivity contribution in [2.24, 2.45) is 11.8 Å². The van der Waals surface area contributed by atoms with Crippen LogP contribution in [0.5, 0.6) is 0 Å². The van der Waals surface area contributed by atoms with Crippen molar-refractivity contribution in [3.63, 3.8) is 0 Å². The highest BCUT2D eigenvalue weighted by molar-refractivity contribution is 5.95. The zero-order valence-electron chi connectivity index (χ0n) is 5.80. The number of carbonyl (C=O) groups excluding carboxylic acids is 2. The second kappa shape index (κ2) is 1.91. The van der Waals surface area contributed by atoms with Crippen LogP contribution in [0.25, 0.3) is 0 Å². The molecule has 2 rings (SSSR count). The average Bonchev–Trinajstić information content (AvgIpc) is 2.41. The summed E-state index contributed by atoms with van der Waals surface area (Å²) in [5.41, 5.74) is 0. The summed E-state index contributed by atoms with van der Waals surface area (Å²) in [5.74, 6) is 0.923. The molecule has 0 radical (unpaired) electrons. The summed E-state index contributed by atoms with van der Waals surface area (Å²) in [5, 5.41) is 0. The molecule has 0 saturated heterocycles. The Hall–Kier alpha value is -0.660. The van der Waals surface area contributed by atoms with Crippen LogP contribution >= 0.6 is 0 Å². The molecule has 0 bridgehead atoms. The van der Waals surface area contributed by atoms with Crippen molar-refractivity contribution in [3.05, 3.63) is 0 Å². The largest absolute Gasteiger partial charge is 0.299 e. The van der Waals surface area contributed by atoms with E-state index in [1.54, 1.807) is 0 Å². The molecular weight excluding hydrogens is 128 g/mol. The Bertz CT molecular complexity index is 173. The molecule has 2 aliphatic carbocycles. The molecule has 0 unspecified atom stereocenters. The van der Waals surface area contributed by atoms with Crippen LogP contribution in [0.4, 0.5) is 0 Å². The number of carbonyl (C=O) groups is 2. The van der Waals surface area contributed by atoms with Crippen molar-refractivity contribution < 1.29 is 9.59 Å². The lowest BCUT2D eigenvalue weighted by Crippen LogP contribution is -2.11. The normalized spacial score (nSPS) is 38.8. The Balaban J connectivity index is 2.24. The highest BCUT2D eigenvalue weighted by Gasteiger charge is 2.43. The van der Waals surface area contributed by atoms with Crippen molar-refractivity contribution in [1.29, 1.82) is 0 Å². The van der Waals surface area contributed by atoms with Crippen molar-refractivity contribution in [3.8, 4) is 0 Å². The summed E-state index contributed by atoms with van der Waals surface area (Å²) >= 11 is 0. The van der Waals surface area contributed by atoms with Crippen LogP contribution in [0.2, 0.25) is 0 Å². The fourth-order valence-electron chi connectivity index (χ4n) is 2.14. The molecule has 2 atom stereocenters. The van der Waals surface area contributed by atoms with Gasteiger partial charge in [-0.1, -0.05) is 0 Å². The second-order valence-electron chi connectivity index (χ2n) is 3.22. The Kier molecular flexibility index (Phi) is 1.16. The summed E-state index contributed by atoms with van der Waals surface area (Å²) in [6.07, 6.45) is 2.98. The maximum atomic E-state index is 11.0. The molecule has 2 nitrogen and oxygen atoms in total. The molecule has 0 spiro atoms. The number of fused-ring (bicyclic) bond motifs is 1. The minimum atomic E-state index is 0.132.